The minimum absolute atomic E-state index is 0.116. The van der Waals surface area contributed by atoms with Crippen LogP contribution in [0.3, 0.4) is 0 Å². The highest BCUT2D eigenvalue weighted by Crippen LogP contribution is 2.31. The third-order valence-corrected chi connectivity index (χ3v) is 5.33. The van der Waals surface area contributed by atoms with E-state index >= 15 is 0 Å². The Hall–Kier alpha value is -2.23. The lowest BCUT2D eigenvalue weighted by atomic mass is 9.88. The molecule has 0 fully saturated rings. The first-order valence-corrected chi connectivity index (χ1v) is 8.79. The van der Waals surface area contributed by atoms with E-state index in [1.54, 1.807) is 0 Å². The molecule has 0 aromatic heterocycles. The van der Waals surface area contributed by atoms with Crippen LogP contribution in [0, 0.1) is 0 Å². The fraction of sp³-hybridized carbons (Fsp3) is 0.100. The SMILES string of the molecule is O=S(CC(O)(c1ccccc1)c1ccccc1)c1ccccc1. The van der Waals surface area contributed by atoms with Crippen LogP contribution in [0.25, 0.3) is 0 Å². The lowest BCUT2D eigenvalue weighted by Crippen LogP contribution is -2.33. The molecule has 0 heterocycles. The number of hydrogen-bond acceptors (Lipinski definition) is 2. The van der Waals surface area contributed by atoms with Gasteiger partial charge in [-0.3, -0.25) is 4.21 Å². The number of aliphatic hydroxyl groups is 1. The fourth-order valence-electron chi connectivity index (χ4n) is 2.61. The average Bonchev–Trinajstić information content (AvgIpc) is 2.64. The molecule has 23 heavy (non-hydrogen) atoms. The number of rotatable bonds is 5. The van der Waals surface area contributed by atoms with Gasteiger partial charge >= 0.3 is 0 Å². The summed E-state index contributed by atoms with van der Waals surface area (Å²) in [5, 5.41) is 11.4. The third-order valence-electron chi connectivity index (χ3n) is 3.85. The second-order valence-corrected chi connectivity index (χ2v) is 6.85. The van der Waals surface area contributed by atoms with E-state index in [4.69, 9.17) is 0 Å². The maximum atomic E-state index is 12.8. The van der Waals surface area contributed by atoms with E-state index in [0.29, 0.717) is 0 Å². The minimum Gasteiger partial charge on any atom is -0.379 e. The van der Waals surface area contributed by atoms with Gasteiger partial charge in [-0.2, -0.15) is 0 Å². The molecule has 3 aromatic carbocycles. The van der Waals surface area contributed by atoms with Crippen molar-refractivity contribution in [1.29, 1.82) is 0 Å². The van der Waals surface area contributed by atoms with Gasteiger partial charge in [-0.05, 0) is 23.3 Å². The summed E-state index contributed by atoms with van der Waals surface area (Å²) in [6.45, 7) is 0. The van der Waals surface area contributed by atoms with Gasteiger partial charge in [0.2, 0.25) is 0 Å². The van der Waals surface area contributed by atoms with Crippen molar-refractivity contribution in [3.63, 3.8) is 0 Å². The van der Waals surface area contributed by atoms with Crippen LogP contribution in [-0.2, 0) is 16.4 Å². The Morgan fingerprint density at radius 1 is 0.696 bits per heavy atom. The van der Waals surface area contributed by atoms with Crippen molar-refractivity contribution in [2.24, 2.45) is 0 Å². The standard InChI is InChI=1S/C20H18O2S/c21-20(17-10-4-1-5-11-17,18-12-6-2-7-13-18)16-23(22)19-14-8-3-9-15-19/h1-15,21H,16H2. The zero-order chi connectivity index (χ0) is 16.1. The van der Waals surface area contributed by atoms with Gasteiger partial charge in [-0.1, -0.05) is 78.9 Å². The van der Waals surface area contributed by atoms with Crippen molar-refractivity contribution in [3.05, 3.63) is 102 Å². The number of benzene rings is 3. The molecule has 3 rings (SSSR count). The van der Waals surface area contributed by atoms with Crippen LogP contribution < -0.4 is 0 Å². The van der Waals surface area contributed by atoms with Crippen LogP contribution in [-0.4, -0.2) is 15.1 Å². The van der Waals surface area contributed by atoms with Crippen molar-refractivity contribution < 1.29 is 9.32 Å². The van der Waals surface area contributed by atoms with Crippen molar-refractivity contribution in [2.75, 3.05) is 5.75 Å². The molecular formula is C20H18O2S. The molecule has 3 aromatic rings. The van der Waals surface area contributed by atoms with Crippen LogP contribution in [0.15, 0.2) is 95.9 Å². The summed E-state index contributed by atoms with van der Waals surface area (Å²) < 4.78 is 12.8. The summed E-state index contributed by atoms with van der Waals surface area (Å²) in [5.74, 6) is 0.116. The molecule has 1 unspecified atom stereocenters. The van der Waals surface area contributed by atoms with Gasteiger partial charge in [0.15, 0.2) is 0 Å². The minimum atomic E-state index is -1.30. The van der Waals surface area contributed by atoms with E-state index in [-0.39, 0.29) is 5.75 Å². The van der Waals surface area contributed by atoms with Crippen molar-refractivity contribution >= 4 is 10.8 Å². The molecule has 0 aliphatic carbocycles. The molecule has 0 saturated carbocycles. The molecule has 0 bridgehead atoms. The first-order valence-electron chi connectivity index (χ1n) is 7.47. The molecular weight excluding hydrogens is 304 g/mol. The predicted octanol–water partition coefficient (Wildman–Crippen LogP) is 3.73. The Labute approximate surface area is 138 Å². The zero-order valence-electron chi connectivity index (χ0n) is 12.6. The first kappa shape index (κ1) is 15.7. The fourth-order valence-corrected chi connectivity index (χ4v) is 3.95. The Kier molecular flexibility index (Phi) is 4.70. The quantitative estimate of drug-likeness (QED) is 0.777. The largest absolute Gasteiger partial charge is 0.379 e. The highest BCUT2D eigenvalue weighted by molar-refractivity contribution is 7.85. The lowest BCUT2D eigenvalue weighted by molar-refractivity contribution is 0.106. The van der Waals surface area contributed by atoms with Gasteiger partial charge in [0, 0.05) is 4.90 Å². The van der Waals surface area contributed by atoms with Gasteiger partial charge in [-0.25, -0.2) is 0 Å². The van der Waals surface area contributed by atoms with Crippen molar-refractivity contribution in [1.82, 2.24) is 0 Å². The van der Waals surface area contributed by atoms with Gasteiger partial charge in [-0.15, -0.1) is 0 Å². The molecule has 1 N–H and O–H groups in total. The Morgan fingerprint density at radius 3 is 1.52 bits per heavy atom. The smallest absolute Gasteiger partial charge is 0.126 e. The maximum Gasteiger partial charge on any atom is 0.126 e. The summed E-state index contributed by atoms with van der Waals surface area (Å²) in [7, 11) is -1.30. The summed E-state index contributed by atoms with van der Waals surface area (Å²) >= 11 is 0. The van der Waals surface area contributed by atoms with E-state index < -0.39 is 16.4 Å². The maximum absolute atomic E-state index is 12.8. The normalized spacial score (nSPS) is 12.7. The Bertz CT molecular complexity index is 731. The van der Waals surface area contributed by atoms with Crippen LogP contribution in [0.2, 0.25) is 0 Å². The molecule has 2 nitrogen and oxygen atoms in total. The van der Waals surface area contributed by atoms with Crippen LogP contribution in [0.4, 0.5) is 0 Å². The van der Waals surface area contributed by atoms with E-state index in [9.17, 15) is 9.32 Å². The third kappa shape index (κ3) is 3.41. The van der Waals surface area contributed by atoms with Gasteiger partial charge in [0.25, 0.3) is 0 Å². The molecule has 0 amide bonds. The summed E-state index contributed by atoms with van der Waals surface area (Å²) in [6.07, 6.45) is 0. The topological polar surface area (TPSA) is 37.3 Å². The van der Waals surface area contributed by atoms with E-state index in [0.717, 1.165) is 16.0 Å². The van der Waals surface area contributed by atoms with Crippen LogP contribution in [0.1, 0.15) is 11.1 Å². The highest BCUT2D eigenvalue weighted by atomic mass is 32.2. The average molecular weight is 322 g/mol. The molecule has 0 spiro atoms. The molecule has 0 aliphatic rings. The predicted molar refractivity (Wildman–Crippen MR) is 93.6 cm³/mol. The zero-order valence-corrected chi connectivity index (χ0v) is 13.4. The Morgan fingerprint density at radius 2 is 1.09 bits per heavy atom. The summed E-state index contributed by atoms with van der Waals surface area (Å²) in [6, 6.07) is 28.1. The van der Waals surface area contributed by atoms with Gasteiger partial charge in [0.1, 0.15) is 5.60 Å². The van der Waals surface area contributed by atoms with Gasteiger partial charge < -0.3 is 5.11 Å². The lowest BCUT2D eigenvalue weighted by Gasteiger charge is -2.29. The Balaban J connectivity index is 2.01. The molecule has 0 radical (unpaired) electrons. The van der Waals surface area contributed by atoms with Crippen LogP contribution in [0.5, 0.6) is 0 Å². The van der Waals surface area contributed by atoms with Crippen molar-refractivity contribution in [3.8, 4) is 0 Å². The monoisotopic (exact) mass is 322 g/mol. The molecule has 116 valence electrons. The first-order chi connectivity index (χ1) is 11.2. The van der Waals surface area contributed by atoms with Crippen molar-refractivity contribution in [2.45, 2.75) is 10.5 Å². The molecule has 0 saturated heterocycles. The van der Waals surface area contributed by atoms with E-state index in [1.165, 1.54) is 0 Å². The second-order valence-electron chi connectivity index (χ2n) is 5.40. The summed E-state index contributed by atoms with van der Waals surface area (Å²) in [5.41, 5.74) is 0.203. The highest BCUT2D eigenvalue weighted by Gasteiger charge is 2.33. The van der Waals surface area contributed by atoms with E-state index in [2.05, 4.69) is 0 Å². The second kappa shape index (κ2) is 6.90. The van der Waals surface area contributed by atoms with E-state index in [1.807, 2.05) is 91.0 Å². The molecule has 0 aliphatic heterocycles. The number of hydrogen-bond donors (Lipinski definition) is 1. The molecule has 1 atom stereocenters. The summed E-state index contributed by atoms with van der Waals surface area (Å²) in [4.78, 5) is 0.720. The molecule has 3 heteroatoms. The van der Waals surface area contributed by atoms with Gasteiger partial charge in [0.05, 0.1) is 16.6 Å². The van der Waals surface area contributed by atoms with Crippen LogP contribution >= 0.6 is 0 Å².